The summed E-state index contributed by atoms with van der Waals surface area (Å²) in [6, 6.07) is 8.61. The second-order valence-electron chi connectivity index (χ2n) is 5.46. The molecule has 2 N–H and O–H groups in total. The predicted molar refractivity (Wildman–Crippen MR) is 90.7 cm³/mol. The number of imidazole rings is 1. The van der Waals surface area contributed by atoms with E-state index in [1.54, 1.807) is 0 Å². The van der Waals surface area contributed by atoms with Gasteiger partial charge in [-0.15, -0.1) is 11.3 Å². The molecule has 3 aromatic rings. The van der Waals surface area contributed by atoms with Crippen molar-refractivity contribution in [1.29, 1.82) is 0 Å². The van der Waals surface area contributed by atoms with Crippen molar-refractivity contribution < 1.29 is 0 Å². The zero-order valence-corrected chi connectivity index (χ0v) is 13.6. The monoisotopic (exact) mass is 299 g/mol. The second kappa shape index (κ2) is 5.62. The smallest absolute Gasteiger partial charge is 0.151 e. The molecule has 0 radical (unpaired) electrons. The third-order valence-corrected chi connectivity index (χ3v) is 5.03. The quantitative estimate of drug-likeness (QED) is 0.782. The summed E-state index contributed by atoms with van der Waals surface area (Å²) in [5.41, 5.74) is 10.5. The highest BCUT2D eigenvalue weighted by molar-refractivity contribution is 7.15. The summed E-state index contributed by atoms with van der Waals surface area (Å²) in [5.74, 6) is 1.09. The summed E-state index contributed by atoms with van der Waals surface area (Å²) in [4.78, 5) is 7.50. The van der Waals surface area contributed by atoms with E-state index in [0.29, 0.717) is 6.54 Å². The van der Waals surface area contributed by atoms with E-state index >= 15 is 0 Å². The number of aromatic nitrogens is 2. The standard InChI is InChI=1S/C17H21N3S/c1-4-7-20-15-6-5-13(10-18)9-14(15)19-17(20)16-8-11(2)12(3)21-16/h5-6,8-9H,4,7,10,18H2,1-3H3. The summed E-state index contributed by atoms with van der Waals surface area (Å²) in [6.45, 7) is 8.08. The number of nitrogens with zero attached hydrogens (tertiary/aromatic N) is 2. The van der Waals surface area contributed by atoms with Crippen molar-refractivity contribution in [3.05, 3.63) is 40.3 Å². The van der Waals surface area contributed by atoms with Gasteiger partial charge in [0.2, 0.25) is 0 Å². The Morgan fingerprint density at radius 2 is 2.05 bits per heavy atom. The number of aryl methyl sites for hydroxylation is 3. The third-order valence-electron chi connectivity index (χ3n) is 3.88. The van der Waals surface area contributed by atoms with Crippen LogP contribution in [0.4, 0.5) is 0 Å². The molecule has 4 heteroatoms. The molecule has 0 unspecified atom stereocenters. The fraction of sp³-hybridized carbons (Fsp3) is 0.353. The molecule has 3 rings (SSSR count). The van der Waals surface area contributed by atoms with Gasteiger partial charge in [-0.1, -0.05) is 13.0 Å². The van der Waals surface area contributed by atoms with Crippen molar-refractivity contribution in [3.8, 4) is 10.7 Å². The van der Waals surface area contributed by atoms with E-state index in [1.807, 2.05) is 11.3 Å². The minimum absolute atomic E-state index is 0.559. The second-order valence-corrected chi connectivity index (χ2v) is 6.72. The molecule has 0 aliphatic heterocycles. The van der Waals surface area contributed by atoms with Crippen LogP contribution in [0, 0.1) is 13.8 Å². The van der Waals surface area contributed by atoms with Gasteiger partial charge in [0.15, 0.2) is 5.82 Å². The minimum Gasteiger partial charge on any atom is -0.326 e. The van der Waals surface area contributed by atoms with Gasteiger partial charge < -0.3 is 10.3 Å². The fourth-order valence-corrected chi connectivity index (χ4v) is 3.66. The average Bonchev–Trinajstić information content (AvgIpc) is 3.00. The number of benzene rings is 1. The minimum atomic E-state index is 0.559. The van der Waals surface area contributed by atoms with E-state index in [2.05, 4.69) is 49.6 Å². The summed E-state index contributed by atoms with van der Waals surface area (Å²) in [6.07, 6.45) is 1.10. The number of fused-ring (bicyclic) bond motifs is 1. The van der Waals surface area contributed by atoms with Gasteiger partial charge in [-0.2, -0.15) is 0 Å². The van der Waals surface area contributed by atoms with Crippen LogP contribution in [-0.4, -0.2) is 9.55 Å². The predicted octanol–water partition coefficient (Wildman–Crippen LogP) is 4.25. The van der Waals surface area contributed by atoms with Crippen LogP contribution in [0.2, 0.25) is 0 Å². The van der Waals surface area contributed by atoms with Crippen LogP contribution in [0.1, 0.15) is 29.3 Å². The van der Waals surface area contributed by atoms with Gasteiger partial charge in [-0.3, -0.25) is 0 Å². The average molecular weight is 299 g/mol. The van der Waals surface area contributed by atoms with Crippen LogP contribution < -0.4 is 5.73 Å². The zero-order chi connectivity index (χ0) is 15.0. The molecular weight excluding hydrogens is 278 g/mol. The maximum atomic E-state index is 5.75. The number of hydrogen-bond donors (Lipinski definition) is 1. The molecule has 0 amide bonds. The van der Waals surface area contributed by atoms with Crippen LogP contribution >= 0.6 is 11.3 Å². The number of thiophene rings is 1. The summed E-state index contributed by atoms with van der Waals surface area (Å²) >= 11 is 1.82. The summed E-state index contributed by atoms with van der Waals surface area (Å²) < 4.78 is 2.33. The van der Waals surface area contributed by atoms with Crippen LogP contribution in [0.15, 0.2) is 24.3 Å². The molecule has 3 nitrogen and oxygen atoms in total. The van der Waals surface area contributed by atoms with Crippen molar-refractivity contribution in [1.82, 2.24) is 9.55 Å². The maximum absolute atomic E-state index is 5.75. The Kier molecular flexibility index (Phi) is 3.83. The Balaban J connectivity index is 2.22. The number of rotatable bonds is 4. The maximum Gasteiger partial charge on any atom is 0.151 e. The van der Waals surface area contributed by atoms with Crippen molar-refractivity contribution in [3.63, 3.8) is 0 Å². The highest BCUT2D eigenvalue weighted by Crippen LogP contribution is 2.32. The highest BCUT2D eigenvalue weighted by atomic mass is 32.1. The zero-order valence-electron chi connectivity index (χ0n) is 12.8. The molecule has 0 saturated heterocycles. The Labute approximate surface area is 129 Å². The lowest BCUT2D eigenvalue weighted by Gasteiger charge is -2.06. The Hall–Kier alpha value is -1.65. The van der Waals surface area contributed by atoms with Gasteiger partial charge in [0.1, 0.15) is 0 Å². The first-order chi connectivity index (χ1) is 10.1. The molecule has 0 aliphatic rings. The first-order valence-corrected chi connectivity index (χ1v) is 8.22. The van der Waals surface area contributed by atoms with Crippen LogP contribution in [0.25, 0.3) is 21.7 Å². The molecule has 21 heavy (non-hydrogen) atoms. The SMILES string of the molecule is CCCn1c(-c2cc(C)c(C)s2)nc2cc(CN)ccc21. The van der Waals surface area contributed by atoms with E-state index in [-0.39, 0.29) is 0 Å². The topological polar surface area (TPSA) is 43.8 Å². The van der Waals surface area contributed by atoms with Gasteiger partial charge in [0.25, 0.3) is 0 Å². The highest BCUT2D eigenvalue weighted by Gasteiger charge is 2.15. The van der Waals surface area contributed by atoms with Gasteiger partial charge >= 0.3 is 0 Å². The third kappa shape index (κ3) is 2.49. The molecule has 110 valence electrons. The largest absolute Gasteiger partial charge is 0.326 e. The lowest BCUT2D eigenvalue weighted by Crippen LogP contribution is -1.99. The van der Waals surface area contributed by atoms with E-state index in [0.717, 1.165) is 29.9 Å². The molecule has 0 fully saturated rings. The lowest BCUT2D eigenvalue weighted by atomic mass is 10.2. The first kappa shape index (κ1) is 14.3. The molecule has 0 bridgehead atoms. The Morgan fingerprint density at radius 1 is 1.24 bits per heavy atom. The van der Waals surface area contributed by atoms with Crippen molar-refractivity contribution >= 4 is 22.4 Å². The molecule has 0 spiro atoms. The molecule has 1 aromatic carbocycles. The number of nitrogens with two attached hydrogens (primary N) is 1. The molecular formula is C17H21N3S. The van der Waals surface area contributed by atoms with Gasteiger partial charge in [-0.25, -0.2) is 4.98 Å². The van der Waals surface area contributed by atoms with Crippen molar-refractivity contribution in [2.24, 2.45) is 5.73 Å². The summed E-state index contributed by atoms with van der Waals surface area (Å²) in [7, 11) is 0. The Morgan fingerprint density at radius 3 is 2.67 bits per heavy atom. The van der Waals surface area contributed by atoms with Gasteiger partial charge in [0, 0.05) is 18.0 Å². The molecule has 2 aromatic heterocycles. The van der Waals surface area contributed by atoms with E-state index in [4.69, 9.17) is 10.7 Å². The van der Waals surface area contributed by atoms with Gasteiger partial charge in [-0.05, 0) is 49.6 Å². The van der Waals surface area contributed by atoms with Crippen LogP contribution in [0.3, 0.4) is 0 Å². The summed E-state index contributed by atoms with van der Waals surface area (Å²) in [5, 5.41) is 0. The van der Waals surface area contributed by atoms with Crippen LogP contribution in [0.5, 0.6) is 0 Å². The fourth-order valence-electron chi connectivity index (χ4n) is 2.62. The van der Waals surface area contributed by atoms with Crippen LogP contribution in [-0.2, 0) is 13.1 Å². The normalized spacial score (nSPS) is 11.4. The molecule has 2 heterocycles. The van der Waals surface area contributed by atoms with E-state index < -0.39 is 0 Å². The lowest BCUT2D eigenvalue weighted by molar-refractivity contribution is 0.705. The van der Waals surface area contributed by atoms with Crippen molar-refractivity contribution in [2.75, 3.05) is 0 Å². The molecule has 0 aliphatic carbocycles. The van der Waals surface area contributed by atoms with E-state index in [9.17, 15) is 0 Å². The molecule has 0 atom stereocenters. The Bertz CT molecular complexity index is 763. The molecule has 0 saturated carbocycles. The van der Waals surface area contributed by atoms with E-state index in [1.165, 1.54) is 20.8 Å². The van der Waals surface area contributed by atoms with Crippen molar-refractivity contribution in [2.45, 2.75) is 40.3 Å². The van der Waals surface area contributed by atoms with Gasteiger partial charge in [0.05, 0.1) is 15.9 Å². The first-order valence-electron chi connectivity index (χ1n) is 7.40. The number of hydrogen-bond acceptors (Lipinski definition) is 3.